The quantitative estimate of drug-likeness (QED) is 0.746. The zero-order valence-electron chi connectivity index (χ0n) is 13.1. The van der Waals surface area contributed by atoms with Crippen molar-refractivity contribution in [2.24, 2.45) is 5.92 Å². The fourth-order valence-corrected chi connectivity index (χ4v) is 2.01. The summed E-state index contributed by atoms with van der Waals surface area (Å²) in [5.74, 6) is 1.62. The molecule has 1 heterocycles. The first-order chi connectivity index (χ1) is 9.02. The summed E-state index contributed by atoms with van der Waals surface area (Å²) in [5, 5.41) is 7.50. The van der Waals surface area contributed by atoms with Gasteiger partial charge in [-0.25, -0.2) is 0 Å². The number of hydrogen-bond donors (Lipinski definition) is 1. The van der Waals surface area contributed by atoms with Gasteiger partial charge < -0.3 is 9.84 Å². The normalized spacial score (nSPS) is 12.0. The molecule has 1 aromatic rings. The molecular formula is C15H29N3O. The maximum Gasteiger partial charge on any atom is 0.151 e. The topological polar surface area (TPSA) is 41.3 Å². The summed E-state index contributed by atoms with van der Waals surface area (Å²) < 4.78 is 5.42. The summed E-state index contributed by atoms with van der Waals surface area (Å²) in [6, 6.07) is 2.60. The van der Waals surface area contributed by atoms with Gasteiger partial charge in [-0.3, -0.25) is 4.90 Å². The van der Waals surface area contributed by atoms with Crippen molar-refractivity contribution in [3.63, 3.8) is 0 Å². The monoisotopic (exact) mass is 267 g/mol. The molecule has 0 unspecified atom stereocenters. The van der Waals surface area contributed by atoms with E-state index in [9.17, 15) is 0 Å². The van der Waals surface area contributed by atoms with Crippen molar-refractivity contribution < 1.29 is 4.52 Å². The van der Waals surface area contributed by atoms with E-state index >= 15 is 0 Å². The highest BCUT2D eigenvalue weighted by Crippen LogP contribution is 2.10. The Balaban J connectivity index is 2.44. The van der Waals surface area contributed by atoms with E-state index in [4.69, 9.17) is 4.52 Å². The van der Waals surface area contributed by atoms with Crippen LogP contribution in [0, 0.1) is 5.92 Å². The van der Waals surface area contributed by atoms with Gasteiger partial charge in [0.2, 0.25) is 0 Å². The van der Waals surface area contributed by atoms with Crippen LogP contribution in [0.1, 0.15) is 52.5 Å². The fraction of sp³-hybridized carbons (Fsp3) is 0.800. The lowest BCUT2D eigenvalue weighted by atomic mass is 10.2. The summed E-state index contributed by atoms with van der Waals surface area (Å²) in [6.07, 6.45) is 1.16. The molecule has 110 valence electrons. The lowest BCUT2D eigenvalue weighted by Gasteiger charge is -2.24. The van der Waals surface area contributed by atoms with E-state index in [1.807, 2.05) is 0 Å². The van der Waals surface area contributed by atoms with Crippen molar-refractivity contribution in [1.29, 1.82) is 0 Å². The molecule has 1 rings (SSSR count). The standard InChI is InChI=1S/C15H29N3O/c1-6-7-18(13(4)5)11-15-8-14(17-19-15)10-16-9-12(2)3/h8,12-13,16H,6-7,9-11H2,1-5H3. The molecule has 0 aliphatic rings. The lowest BCUT2D eigenvalue weighted by Crippen LogP contribution is -2.30. The molecule has 19 heavy (non-hydrogen) atoms. The van der Waals surface area contributed by atoms with Crippen LogP contribution in [0.25, 0.3) is 0 Å². The van der Waals surface area contributed by atoms with Crippen LogP contribution in [0.5, 0.6) is 0 Å². The number of rotatable bonds is 9. The molecule has 0 bridgehead atoms. The van der Waals surface area contributed by atoms with Crippen LogP contribution in [0.3, 0.4) is 0 Å². The molecule has 0 saturated carbocycles. The van der Waals surface area contributed by atoms with Gasteiger partial charge in [-0.05, 0) is 39.3 Å². The van der Waals surface area contributed by atoms with Crippen LogP contribution < -0.4 is 5.32 Å². The summed E-state index contributed by atoms with van der Waals surface area (Å²) in [6.45, 7) is 14.8. The van der Waals surface area contributed by atoms with E-state index in [0.29, 0.717) is 12.0 Å². The Bertz CT molecular complexity index is 347. The summed E-state index contributed by atoms with van der Waals surface area (Å²) in [5.41, 5.74) is 0.996. The molecule has 0 aliphatic carbocycles. The fourth-order valence-electron chi connectivity index (χ4n) is 2.01. The Labute approximate surface area is 117 Å². The Kier molecular flexibility index (Phi) is 7.10. The van der Waals surface area contributed by atoms with Gasteiger partial charge in [-0.1, -0.05) is 25.9 Å². The minimum atomic E-state index is 0.535. The third kappa shape index (κ3) is 6.21. The Hall–Kier alpha value is -0.870. The Morgan fingerprint density at radius 1 is 1.32 bits per heavy atom. The maximum atomic E-state index is 5.42. The molecular weight excluding hydrogens is 238 g/mol. The molecule has 0 radical (unpaired) electrons. The van der Waals surface area contributed by atoms with E-state index in [2.05, 4.69) is 56.1 Å². The minimum Gasteiger partial charge on any atom is -0.360 e. The first-order valence-electron chi connectivity index (χ1n) is 7.42. The molecule has 0 spiro atoms. The lowest BCUT2D eigenvalue weighted by molar-refractivity contribution is 0.188. The SMILES string of the molecule is CCCN(Cc1cc(CNCC(C)C)no1)C(C)C. The van der Waals surface area contributed by atoms with Gasteiger partial charge in [-0.15, -0.1) is 0 Å². The van der Waals surface area contributed by atoms with E-state index < -0.39 is 0 Å². The molecule has 0 fully saturated rings. The first-order valence-corrected chi connectivity index (χ1v) is 7.42. The number of hydrogen-bond acceptors (Lipinski definition) is 4. The third-order valence-electron chi connectivity index (χ3n) is 3.07. The number of nitrogens with one attached hydrogen (secondary N) is 1. The van der Waals surface area contributed by atoms with Crippen molar-refractivity contribution in [3.8, 4) is 0 Å². The van der Waals surface area contributed by atoms with Crippen molar-refractivity contribution >= 4 is 0 Å². The second-order valence-corrected chi connectivity index (χ2v) is 5.87. The van der Waals surface area contributed by atoms with Gasteiger partial charge in [0, 0.05) is 18.7 Å². The first kappa shape index (κ1) is 16.2. The molecule has 1 N–H and O–H groups in total. The largest absolute Gasteiger partial charge is 0.360 e. The molecule has 0 amide bonds. The second-order valence-electron chi connectivity index (χ2n) is 5.87. The molecule has 0 saturated heterocycles. The van der Waals surface area contributed by atoms with Crippen molar-refractivity contribution in [3.05, 3.63) is 17.5 Å². The van der Waals surface area contributed by atoms with Gasteiger partial charge in [0.25, 0.3) is 0 Å². The van der Waals surface area contributed by atoms with Gasteiger partial charge in [0.05, 0.1) is 12.2 Å². The van der Waals surface area contributed by atoms with Crippen molar-refractivity contribution in [1.82, 2.24) is 15.4 Å². The van der Waals surface area contributed by atoms with Gasteiger partial charge in [0.1, 0.15) is 0 Å². The Morgan fingerprint density at radius 3 is 2.63 bits per heavy atom. The van der Waals surface area contributed by atoms with Crippen molar-refractivity contribution in [2.45, 2.75) is 60.2 Å². The van der Waals surface area contributed by atoms with Crippen LogP contribution >= 0.6 is 0 Å². The average molecular weight is 267 g/mol. The molecule has 1 aromatic heterocycles. The van der Waals surface area contributed by atoms with Gasteiger partial charge in [0.15, 0.2) is 5.76 Å². The van der Waals surface area contributed by atoms with Crippen molar-refractivity contribution in [2.75, 3.05) is 13.1 Å². The average Bonchev–Trinajstić information content (AvgIpc) is 2.75. The van der Waals surface area contributed by atoms with E-state index in [-0.39, 0.29) is 0 Å². The maximum absolute atomic E-state index is 5.42. The van der Waals surface area contributed by atoms with Gasteiger partial charge >= 0.3 is 0 Å². The highest BCUT2D eigenvalue weighted by Gasteiger charge is 2.12. The van der Waals surface area contributed by atoms with Crippen LogP contribution in [-0.2, 0) is 13.1 Å². The van der Waals surface area contributed by atoms with Crippen LogP contribution in [0.15, 0.2) is 10.6 Å². The summed E-state index contributed by atoms with van der Waals surface area (Å²) in [7, 11) is 0. The molecule has 0 aromatic carbocycles. The second kappa shape index (κ2) is 8.33. The zero-order chi connectivity index (χ0) is 14.3. The highest BCUT2D eigenvalue weighted by molar-refractivity contribution is 5.05. The zero-order valence-corrected chi connectivity index (χ0v) is 13.1. The highest BCUT2D eigenvalue weighted by atomic mass is 16.5. The predicted octanol–water partition coefficient (Wildman–Crippen LogP) is 3.04. The smallest absolute Gasteiger partial charge is 0.151 e. The minimum absolute atomic E-state index is 0.535. The molecule has 0 aliphatic heterocycles. The van der Waals surface area contributed by atoms with E-state index in [0.717, 1.165) is 44.1 Å². The molecule has 4 nitrogen and oxygen atoms in total. The van der Waals surface area contributed by atoms with Crippen LogP contribution in [0.4, 0.5) is 0 Å². The van der Waals surface area contributed by atoms with E-state index in [1.54, 1.807) is 0 Å². The van der Waals surface area contributed by atoms with Crippen LogP contribution in [-0.4, -0.2) is 29.2 Å². The van der Waals surface area contributed by atoms with Crippen LogP contribution in [0.2, 0.25) is 0 Å². The molecule has 0 atom stereocenters. The molecule has 4 heteroatoms. The Morgan fingerprint density at radius 2 is 2.05 bits per heavy atom. The summed E-state index contributed by atoms with van der Waals surface area (Å²) in [4.78, 5) is 2.41. The van der Waals surface area contributed by atoms with Gasteiger partial charge in [-0.2, -0.15) is 0 Å². The third-order valence-corrected chi connectivity index (χ3v) is 3.07. The number of aromatic nitrogens is 1. The predicted molar refractivity (Wildman–Crippen MR) is 78.9 cm³/mol. The number of nitrogens with zero attached hydrogens (tertiary/aromatic N) is 2. The van der Waals surface area contributed by atoms with E-state index in [1.165, 1.54) is 0 Å². The summed E-state index contributed by atoms with van der Waals surface area (Å²) >= 11 is 0.